The van der Waals surface area contributed by atoms with Gasteiger partial charge in [0.2, 0.25) is 10.0 Å². The molecule has 0 aliphatic rings. The number of aliphatic hydroxyl groups is 1. The lowest BCUT2D eigenvalue weighted by Gasteiger charge is -2.18. The van der Waals surface area contributed by atoms with Gasteiger partial charge in [0, 0.05) is 6.42 Å². The maximum atomic E-state index is 12.8. The van der Waals surface area contributed by atoms with Crippen LogP contribution in [0.25, 0.3) is 11.1 Å². The minimum Gasteiger partial charge on any atom is -0.497 e. The van der Waals surface area contributed by atoms with E-state index in [-0.39, 0.29) is 10.6 Å². The summed E-state index contributed by atoms with van der Waals surface area (Å²) >= 11 is 0. The van der Waals surface area contributed by atoms with Crippen molar-refractivity contribution in [2.75, 3.05) is 12.9 Å². The Morgan fingerprint density at radius 1 is 0.889 bits per heavy atom. The molecule has 192 valence electrons. The first-order valence-corrected chi connectivity index (χ1v) is 14.2. The molecule has 0 saturated heterocycles. The van der Waals surface area contributed by atoms with Gasteiger partial charge in [0.15, 0.2) is 9.84 Å². The highest BCUT2D eigenvalue weighted by atomic mass is 32.2. The van der Waals surface area contributed by atoms with Crippen molar-refractivity contribution in [1.29, 1.82) is 0 Å². The summed E-state index contributed by atoms with van der Waals surface area (Å²) in [6.45, 7) is 0. The molecule has 0 heterocycles. The lowest BCUT2D eigenvalue weighted by atomic mass is 10.1. The zero-order chi connectivity index (χ0) is 26.3. The van der Waals surface area contributed by atoms with Crippen molar-refractivity contribution in [3.63, 3.8) is 0 Å². The molecule has 0 radical (unpaired) electrons. The number of carboxylic acid groups (broad SMARTS) is 1. The second kappa shape index (κ2) is 11.7. The second-order valence-electron chi connectivity index (χ2n) is 8.19. The van der Waals surface area contributed by atoms with Crippen molar-refractivity contribution in [1.82, 2.24) is 4.72 Å². The van der Waals surface area contributed by atoms with Crippen LogP contribution in [0.15, 0.2) is 83.8 Å². The number of sulfone groups is 1. The van der Waals surface area contributed by atoms with E-state index < -0.39 is 50.1 Å². The van der Waals surface area contributed by atoms with Gasteiger partial charge in [-0.25, -0.2) is 16.8 Å². The van der Waals surface area contributed by atoms with Crippen molar-refractivity contribution in [3.8, 4) is 16.9 Å². The maximum absolute atomic E-state index is 12.8. The van der Waals surface area contributed by atoms with Crippen LogP contribution in [0.4, 0.5) is 0 Å². The number of aliphatic hydroxyl groups excluding tert-OH is 1. The van der Waals surface area contributed by atoms with Crippen molar-refractivity contribution in [3.05, 3.63) is 84.4 Å². The van der Waals surface area contributed by atoms with E-state index in [2.05, 4.69) is 4.72 Å². The fraction of sp³-hybridized carbons (Fsp3) is 0.240. The molecule has 0 amide bonds. The summed E-state index contributed by atoms with van der Waals surface area (Å²) in [7, 11) is -6.48. The van der Waals surface area contributed by atoms with E-state index in [4.69, 9.17) is 4.74 Å². The van der Waals surface area contributed by atoms with Crippen LogP contribution >= 0.6 is 0 Å². The van der Waals surface area contributed by atoms with Crippen molar-refractivity contribution >= 4 is 25.8 Å². The number of methoxy groups -OCH3 is 1. The molecule has 0 bridgehead atoms. The summed E-state index contributed by atoms with van der Waals surface area (Å²) in [5.74, 6) is -1.89. The van der Waals surface area contributed by atoms with Crippen LogP contribution in [0.5, 0.6) is 5.75 Å². The van der Waals surface area contributed by atoms with Crippen LogP contribution in [0.1, 0.15) is 12.0 Å². The number of ether oxygens (including phenoxy) is 1. The first-order chi connectivity index (χ1) is 17.0. The zero-order valence-corrected chi connectivity index (χ0v) is 21.1. The average Bonchev–Trinajstić information content (AvgIpc) is 2.83. The maximum Gasteiger partial charge on any atom is 0.321 e. The SMILES string of the molecule is COc1ccc(-c2ccc(S(=O)(=O)NC(CC(O)CS(=O)(=O)Cc3ccccc3)C(=O)O)cc2)cc1. The highest BCUT2D eigenvalue weighted by Gasteiger charge is 2.29. The molecular weight excluding hydrogens is 506 g/mol. The standard InChI is InChI=1S/C25H27NO8S2/c1-34-22-11-7-19(8-12-22)20-9-13-23(14-10-20)36(32,33)26-24(25(28)29)15-21(27)17-35(30,31)16-18-5-3-2-4-6-18/h2-14,21,24,26-27H,15-17H2,1H3,(H,28,29). The molecule has 36 heavy (non-hydrogen) atoms. The fourth-order valence-corrected chi connectivity index (χ4v) is 6.33. The Labute approximate surface area is 210 Å². The van der Waals surface area contributed by atoms with Crippen LogP contribution in [0, 0.1) is 0 Å². The summed E-state index contributed by atoms with van der Waals surface area (Å²) in [4.78, 5) is 11.5. The third kappa shape index (κ3) is 7.62. The molecule has 0 aliphatic carbocycles. The van der Waals surface area contributed by atoms with Crippen LogP contribution in [-0.2, 0) is 30.4 Å². The first kappa shape index (κ1) is 27.3. The van der Waals surface area contributed by atoms with Crippen molar-refractivity contribution in [2.24, 2.45) is 0 Å². The van der Waals surface area contributed by atoms with Gasteiger partial charge in [-0.05, 0) is 41.0 Å². The number of aliphatic carboxylic acids is 1. The Morgan fingerprint density at radius 3 is 1.97 bits per heavy atom. The van der Waals surface area contributed by atoms with E-state index in [0.717, 1.165) is 11.1 Å². The van der Waals surface area contributed by atoms with Gasteiger partial charge in [-0.2, -0.15) is 4.72 Å². The Kier molecular flexibility index (Phi) is 8.85. The molecule has 11 heteroatoms. The van der Waals surface area contributed by atoms with E-state index >= 15 is 0 Å². The molecular formula is C25H27NO8S2. The smallest absolute Gasteiger partial charge is 0.321 e. The second-order valence-corrected chi connectivity index (χ2v) is 12.0. The summed E-state index contributed by atoms with van der Waals surface area (Å²) in [6.07, 6.45) is -2.20. The number of hydrogen-bond donors (Lipinski definition) is 3. The number of carboxylic acids is 1. The lowest BCUT2D eigenvalue weighted by Crippen LogP contribution is -2.43. The third-order valence-electron chi connectivity index (χ3n) is 5.37. The Balaban J connectivity index is 1.67. The molecule has 3 aromatic carbocycles. The molecule has 9 nitrogen and oxygen atoms in total. The number of hydrogen-bond acceptors (Lipinski definition) is 7. The largest absolute Gasteiger partial charge is 0.497 e. The van der Waals surface area contributed by atoms with Crippen LogP contribution in [-0.4, -0.2) is 58.0 Å². The molecule has 2 unspecified atom stereocenters. The molecule has 2 atom stereocenters. The summed E-state index contributed by atoms with van der Waals surface area (Å²) in [5, 5.41) is 19.8. The molecule has 0 aliphatic heterocycles. The monoisotopic (exact) mass is 533 g/mol. The highest BCUT2D eigenvalue weighted by molar-refractivity contribution is 7.90. The summed E-state index contributed by atoms with van der Waals surface area (Å²) < 4.78 is 57.6. The summed E-state index contributed by atoms with van der Waals surface area (Å²) in [5.41, 5.74) is 2.10. The van der Waals surface area contributed by atoms with Crippen LogP contribution < -0.4 is 9.46 Å². The van der Waals surface area contributed by atoms with E-state index in [0.29, 0.717) is 11.3 Å². The predicted octanol–water partition coefficient (Wildman–Crippen LogP) is 2.46. The van der Waals surface area contributed by atoms with Gasteiger partial charge in [0.25, 0.3) is 0 Å². The van der Waals surface area contributed by atoms with Gasteiger partial charge in [-0.3, -0.25) is 4.79 Å². The van der Waals surface area contributed by atoms with E-state index in [1.807, 2.05) is 12.1 Å². The van der Waals surface area contributed by atoms with Crippen molar-refractivity contribution in [2.45, 2.75) is 29.2 Å². The molecule has 0 aromatic heterocycles. The number of sulfonamides is 1. The Morgan fingerprint density at radius 2 is 1.44 bits per heavy atom. The highest BCUT2D eigenvalue weighted by Crippen LogP contribution is 2.24. The quantitative estimate of drug-likeness (QED) is 0.322. The molecule has 3 rings (SSSR count). The van der Waals surface area contributed by atoms with Gasteiger partial charge in [0.1, 0.15) is 11.8 Å². The topological polar surface area (TPSA) is 147 Å². The number of carbonyl (C=O) groups is 1. The molecule has 3 aromatic rings. The zero-order valence-electron chi connectivity index (χ0n) is 19.4. The van der Waals surface area contributed by atoms with E-state index in [1.54, 1.807) is 61.7 Å². The normalized spacial score (nSPS) is 13.6. The van der Waals surface area contributed by atoms with Gasteiger partial charge >= 0.3 is 5.97 Å². The van der Waals surface area contributed by atoms with E-state index in [1.165, 1.54) is 12.1 Å². The van der Waals surface area contributed by atoms with E-state index in [9.17, 15) is 31.8 Å². The van der Waals surface area contributed by atoms with Crippen molar-refractivity contribution < 1.29 is 36.6 Å². The molecule has 0 saturated carbocycles. The van der Waals surface area contributed by atoms with Gasteiger partial charge < -0.3 is 14.9 Å². The minimum atomic E-state index is -4.26. The molecule has 0 spiro atoms. The number of rotatable bonds is 12. The third-order valence-corrected chi connectivity index (χ3v) is 8.52. The Bertz CT molecular complexity index is 1370. The predicted molar refractivity (Wildman–Crippen MR) is 135 cm³/mol. The number of nitrogens with one attached hydrogen (secondary N) is 1. The Hall–Kier alpha value is -3.25. The summed E-state index contributed by atoms with van der Waals surface area (Å²) in [6, 6.07) is 19.6. The minimum absolute atomic E-state index is 0.169. The molecule has 3 N–H and O–H groups in total. The van der Waals surface area contributed by atoms with Gasteiger partial charge in [0.05, 0.1) is 29.6 Å². The van der Waals surface area contributed by atoms with Gasteiger partial charge in [-0.1, -0.05) is 54.6 Å². The van der Waals surface area contributed by atoms with Crippen LogP contribution in [0.3, 0.4) is 0 Å². The lowest BCUT2D eigenvalue weighted by molar-refractivity contribution is -0.139. The average molecular weight is 534 g/mol. The van der Waals surface area contributed by atoms with Gasteiger partial charge in [-0.15, -0.1) is 0 Å². The molecule has 0 fully saturated rings. The number of benzene rings is 3. The fourth-order valence-electron chi connectivity index (χ4n) is 3.59. The van der Waals surface area contributed by atoms with Crippen LogP contribution in [0.2, 0.25) is 0 Å². The first-order valence-electron chi connectivity index (χ1n) is 10.9.